The van der Waals surface area contributed by atoms with Crippen LogP contribution in [0.3, 0.4) is 0 Å². The van der Waals surface area contributed by atoms with Crippen molar-refractivity contribution in [2.45, 2.75) is 18.2 Å². The zero-order chi connectivity index (χ0) is 14.6. The highest BCUT2D eigenvalue weighted by atomic mass is 32.2. The molecule has 106 valence electrons. The van der Waals surface area contributed by atoms with Crippen LogP contribution in [0.15, 0.2) is 36.4 Å². The first-order chi connectivity index (χ1) is 9.52. The number of nitrogens with one attached hydrogen (secondary N) is 1. The summed E-state index contributed by atoms with van der Waals surface area (Å²) in [6, 6.07) is 8.27. The number of hydrogen-bond donors (Lipinski definition) is 2. The Bertz CT molecular complexity index is 647. The van der Waals surface area contributed by atoms with E-state index in [0.717, 1.165) is 0 Å². The third-order valence-corrected chi connectivity index (χ3v) is 4.53. The summed E-state index contributed by atoms with van der Waals surface area (Å²) in [5.41, 5.74) is 1.02. The molecule has 6 heteroatoms. The molecular weight excluding hydrogens is 276 g/mol. The van der Waals surface area contributed by atoms with Gasteiger partial charge in [-0.3, -0.25) is 0 Å². The third kappa shape index (κ3) is 3.90. The Kier molecular flexibility index (Phi) is 4.55. The number of nitrogens with zero attached hydrogens (tertiary/aromatic N) is 1. The molecule has 0 saturated heterocycles. The number of aliphatic hydroxyl groups excluding tert-OH is 1. The Hall–Kier alpha value is -1.68. The van der Waals surface area contributed by atoms with E-state index < -0.39 is 10.0 Å². The highest BCUT2D eigenvalue weighted by molar-refractivity contribution is 7.88. The van der Waals surface area contributed by atoms with Gasteiger partial charge in [0.05, 0.1) is 17.4 Å². The van der Waals surface area contributed by atoms with Crippen molar-refractivity contribution in [3.05, 3.63) is 47.5 Å². The van der Waals surface area contributed by atoms with Gasteiger partial charge in [-0.15, -0.1) is 0 Å². The lowest BCUT2D eigenvalue weighted by atomic mass is 10.1. The molecule has 2 rings (SSSR count). The molecule has 0 aromatic heterocycles. The molecular formula is C14H16N2O3S. The van der Waals surface area contributed by atoms with Crippen molar-refractivity contribution in [2.75, 3.05) is 6.61 Å². The molecule has 0 saturated carbocycles. The number of aliphatic hydroxyl groups is 1. The van der Waals surface area contributed by atoms with Crippen LogP contribution >= 0.6 is 0 Å². The molecule has 1 aromatic rings. The van der Waals surface area contributed by atoms with Gasteiger partial charge in [-0.05, 0) is 24.1 Å². The minimum atomic E-state index is -3.47. The molecule has 0 spiro atoms. The Morgan fingerprint density at radius 1 is 1.40 bits per heavy atom. The average Bonchev–Trinajstić information content (AvgIpc) is 2.85. The zero-order valence-electron chi connectivity index (χ0n) is 10.9. The summed E-state index contributed by atoms with van der Waals surface area (Å²) in [7, 11) is -3.47. The number of benzene rings is 1. The fraction of sp³-hybridized carbons (Fsp3) is 0.357. The van der Waals surface area contributed by atoms with Gasteiger partial charge in [-0.1, -0.05) is 24.3 Å². The van der Waals surface area contributed by atoms with E-state index in [1.54, 1.807) is 30.3 Å². The van der Waals surface area contributed by atoms with Gasteiger partial charge in [0.25, 0.3) is 0 Å². The molecule has 0 bridgehead atoms. The van der Waals surface area contributed by atoms with Crippen LogP contribution < -0.4 is 4.72 Å². The van der Waals surface area contributed by atoms with E-state index >= 15 is 0 Å². The first kappa shape index (κ1) is 14.7. The van der Waals surface area contributed by atoms with Crippen molar-refractivity contribution in [3.8, 4) is 6.07 Å². The zero-order valence-corrected chi connectivity index (χ0v) is 11.7. The summed E-state index contributed by atoms with van der Waals surface area (Å²) in [6.07, 6.45) is 4.17. The van der Waals surface area contributed by atoms with Crippen LogP contribution in [0.4, 0.5) is 0 Å². The van der Waals surface area contributed by atoms with Crippen molar-refractivity contribution in [3.63, 3.8) is 0 Å². The van der Waals surface area contributed by atoms with Gasteiger partial charge in [0.1, 0.15) is 0 Å². The molecule has 0 amide bonds. The lowest BCUT2D eigenvalue weighted by Crippen LogP contribution is -2.33. The van der Waals surface area contributed by atoms with Gasteiger partial charge in [0, 0.05) is 18.6 Å². The minimum absolute atomic E-state index is 0.0182. The molecule has 0 aliphatic heterocycles. The Labute approximate surface area is 118 Å². The second kappa shape index (κ2) is 6.18. The molecule has 5 nitrogen and oxygen atoms in total. The van der Waals surface area contributed by atoms with Crippen molar-refractivity contribution < 1.29 is 13.5 Å². The molecule has 1 aromatic carbocycles. The van der Waals surface area contributed by atoms with Crippen molar-refractivity contribution >= 4 is 10.0 Å². The fourth-order valence-corrected chi connectivity index (χ4v) is 3.56. The predicted molar refractivity (Wildman–Crippen MR) is 75.0 cm³/mol. The van der Waals surface area contributed by atoms with Crippen molar-refractivity contribution in [2.24, 2.45) is 5.92 Å². The predicted octanol–water partition coefficient (Wildman–Crippen LogP) is 0.915. The first-order valence-electron chi connectivity index (χ1n) is 6.30. The van der Waals surface area contributed by atoms with Crippen LogP contribution in [-0.4, -0.2) is 26.2 Å². The average molecular weight is 292 g/mol. The molecule has 1 aliphatic rings. The standard InChI is InChI=1S/C14H16N2O3S/c15-8-11-2-1-3-13(6-11)10-20(18,19)16-14-5-4-12(7-14)9-17/h1-6,12,14,16-17H,7,9-10H2/t12-,14+/m0/s1. The maximum Gasteiger partial charge on any atom is 0.216 e. The maximum atomic E-state index is 12.1. The van der Waals surface area contributed by atoms with Crippen molar-refractivity contribution in [1.29, 1.82) is 5.26 Å². The quantitative estimate of drug-likeness (QED) is 0.789. The SMILES string of the molecule is N#Cc1cccc(CS(=O)(=O)N[C@@H]2C=C[C@H](CO)C2)c1. The van der Waals surface area contributed by atoms with Gasteiger partial charge in [0.15, 0.2) is 0 Å². The summed E-state index contributed by atoms with van der Waals surface area (Å²) in [5.74, 6) is -0.138. The Morgan fingerprint density at radius 2 is 2.20 bits per heavy atom. The molecule has 0 radical (unpaired) electrons. The van der Waals surface area contributed by atoms with E-state index in [-0.39, 0.29) is 24.3 Å². The third-order valence-electron chi connectivity index (χ3n) is 3.15. The second-order valence-electron chi connectivity index (χ2n) is 4.86. The number of nitriles is 1. The summed E-state index contributed by atoms with van der Waals surface area (Å²) >= 11 is 0. The molecule has 0 unspecified atom stereocenters. The largest absolute Gasteiger partial charge is 0.396 e. The number of hydrogen-bond acceptors (Lipinski definition) is 4. The van der Waals surface area contributed by atoms with E-state index in [2.05, 4.69) is 4.72 Å². The molecule has 0 heterocycles. The fourth-order valence-electron chi connectivity index (χ4n) is 2.22. The summed E-state index contributed by atoms with van der Waals surface area (Å²) < 4.78 is 26.7. The highest BCUT2D eigenvalue weighted by Crippen LogP contribution is 2.18. The first-order valence-corrected chi connectivity index (χ1v) is 7.96. The van der Waals surface area contributed by atoms with Gasteiger partial charge >= 0.3 is 0 Å². The van der Waals surface area contributed by atoms with Crippen LogP contribution in [0, 0.1) is 17.2 Å². The van der Waals surface area contributed by atoms with Crippen LogP contribution in [0.1, 0.15) is 17.5 Å². The molecule has 2 atom stereocenters. The summed E-state index contributed by atoms with van der Waals surface area (Å²) in [6.45, 7) is 0.0267. The minimum Gasteiger partial charge on any atom is -0.396 e. The normalized spacial score (nSPS) is 21.8. The van der Waals surface area contributed by atoms with E-state index in [4.69, 9.17) is 10.4 Å². The highest BCUT2D eigenvalue weighted by Gasteiger charge is 2.23. The van der Waals surface area contributed by atoms with Crippen LogP contribution in [0.25, 0.3) is 0 Å². The molecule has 1 aliphatic carbocycles. The van der Waals surface area contributed by atoms with E-state index in [1.165, 1.54) is 0 Å². The molecule has 2 N–H and O–H groups in total. The topological polar surface area (TPSA) is 90.2 Å². The monoisotopic (exact) mass is 292 g/mol. The van der Waals surface area contributed by atoms with Gasteiger partial charge in [-0.2, -0.15) is 5.26 Å². The molecule has 0 fully saturated rings. The Balaban J connectivity index is 2.01. The number of sulfonamides is 1. The number of rotatable bonds is 5. The van der Waals surface area contributed by atoms with Gasteiger partial charge < -0.3 is 5.11 Å². The van der Waals surface area contributed by atoms with E-state index in [9.17, 15) is 8.42 Å². The van der Waals surface area contributed by atoms with Gasteiger partial charge in [0.2, 0.25) is 10.0 Å². The van der Waals surface area contributed by atoms with Gasteiger partial charge in [-0.25, -0.2) is 13.1 Å². The van der Waals surface area contributed by atoms with E-state index in [1.807, 2.05) is 12.1 Å². The van der Waals surface area contributed by atoms with E-state index in [0.29, 0.717) is 17.5 Å². The van der Waals surface area contributed by atoms with Crippen LogP contribution in [-0.2, 0) is 15.8 Å². The maximum absolute atomic E-state index is 12.1. The smallest absolute Gasteiger partial charge is 0.216 e. The lowest BCUT2D eigenvalue weighted by Gasteiger charge is -2.13. The van der Waals surface area contributed by atoms with Crippen LogP contribution in [0.2, 0.25) is 0 Å². The lowest BCUT2D eigenvalue weighted by molar-refractivity contribution is 0.248. The second-order valence-corrected chi connectivity index (χ2v) is 6.61. The summed E-state index contributed by atoms with van der Waals surface area (Å²) in [4.78, 5) is 0. The molecule has 20 heavy (non-hydrogen) atoms. The summed E-state index contributed by atoms with van der Waals surface area (Å²) in [5, 5.41) is 17.8. The van der Waals surface area contributed by atoms with Crippen molar-refractivity contribution in [1.82, 2.24) is 4.72 Å². The Morgan fingerprint density at radius 3 is 2.85 bits per heavy atom. The van der Waals surface area contributed by atoms with Crippen LogP contribution in [0.5, 0.6) is 0 Å².